The number of allylic oxidation sites excluding steroid dienone is 1. The number of fused-ring (bicyclic) bond motifs is 1. The van der Waals surface area contributed by atoms with Crippen LogP contribution in [0.3, 0.4) is 0 Å². The van der Waals surface area contributed by atoms with Gasteiger partial charge in [-0.2, -0.15) is 0 Å². The molecule has 70 valence electrons. The Bertz CT molecular complexity index is 170. The van der Waals surface area contributed by atoms with Crippen LogP contribution in [0.25, 0.3) is 0 Å². The summed E-state index contributed by atoms with van der Waals surface area (Å²) in [5.74, 6) is 1.72. The maximum atomic E-state index is 3.45. The van der Waals surface area contributed by atoms with Crippen molar-refractivity contribution in [1.29, 1.82) is 0 Å². The van der Waals surface area contributed by atoms with Crippen molar-refractivity contribution >= 4 is 12.4 Å². The Morgan fingerprint density at radius 3 is 3.00 bits per heavy atom. The molecule has 1 aliphatic carbocycles. The molecule has 12 heavy (non-hydrogen) atoms. The van der Waals surface area contributed by atoms with Gasteiger partial charge in [0, 0.05) is 12.6 Å². The summed E-state index contributed by atoms with van der Waals surface area (Å²) >= 11 is 0. The first kappa shape index (κ1) is 10.0. The lowest BCUT2D eigenvalue weighted by Gasteiger charge is -2.28. The molecule has 0 aromatic rings. The third-order valence-corrected chi connectivity index (χ3v) is 2.97. The molecule has 2 rings (SSSR count). The van der Waals surface area contributed by atoms with Gasteiger partial charge in [-0.25, -0.2) is 0 Å². The van der Waals surface area contributed by atoms with Crippen LogP contribution in [0, 0.1) is 11.8 Å². The smallest absolute Gasteiger partial charge is 0.0290 e. The van der Waals surface area contributed by atoms with E-state index in [1.807, 2.05) is 0 Å². The molecule has 3 unspecified atom stereocenters. The zero-order valence-corrected chi connectivity index (χ0v) is 8.23. The molecule has 1 saturated heterocycles. The third-order valence-electron chi connectivity index (χ3n) is 2.97. The van der Waals surface area contributed by atoms with E-state index < -0.39 is 0 Å². The second kappa shape index (κ2) is 4.26. The Morgan fingerprint density at radius 2 is 2.25 bits per heavy atom. The van der Waals surface area contributed by atoms with Crippen LogP contribution in [-0.4, -0.2) is 26.2 Å². The maximum absolute atomic E-state index is 3.45. The van der Waals surface area contributed by atoms with Gasteiger partial charge < -0.3 is 10.6 Å². The minimum Gasteiger partial charge on any atom is -0.316 e. The number of hydrogen-bond acceptors (Lipinski definition) is 2. The van der Waals surface area contributed by atoms with E-state index in [-0.39, 0.29) is 12.4 Å². The van der Waals surface area contributed by atoms with Crippen molar-refractivity contribution in [2.75, 3.05) is 20.1 Å². The minimum atomic E-state index is 0. The number of likely N-dealkylation sites (N-methyl/N-ethyl adjacent to an activating group) is 1. The first-order chi connectivity index (χ1) is 5.42. The first-order valence-electron chi connectivity index (χ1n) is 4.46. The molecule has 0 amide bonds. The molecule has 1 fully saturated rings. The van der Waals surface area contributed by atoms with Crippen molar-refractivity contribution in [3.63, 3.8) is 0 Å². The van der Waals surface area contributed by atoms with Crippen LogP contribution in [0.15, 0.2) is 12.2 Å². The van der Waals surface area contributed by atoms with Gasteiger partial charge in [0.1, 0.15) is 0 Å². The number of halogens is 1. The van der Waals surface area contributed by atoms with Crippen LogP contribution < -0.4 is 10.6 Å². The fourth-order valence-electron chi connectivity index (χ4n) is 2.28. The van der Waals surface area contributed by atoms with Gasteiger partial charge >= 0.3 is 0 Å². The molecule has 3 atom stereocenters. The van der Waals surface area contributed by atoms with Crippen LogP contribution in [0.2, 0.25) is 0 Å². The summed E-state index contributed by atoms with van der Waals surface area (Å²) in [5, 5.41) is 6.80. The van der Waals surface area contributed by atoms with Crippen molar-refractivity contribution in [3.8, 4) is 0 Å². The molecule has 0 saturated carbocycles. The van der Waals surface area contributed by atoms with Gasteiger partial charge in [-0.1, -0.05) is 12.2 Å². The molecule has 2 N–H and O–H groups in total. The lowest BCUT2D eigenvalue weighted by atomic mass is 9.82. The predicted octanol–water partition coefficient (Wildman–Crippen LogP) is 0.792. The Labute approximate surface area is 80.2 Å². The molecule has 1 heterocycles. The third kappa shape index (κ3) is 1.65. The standard InChI is InChI=1S/C9H16N2.ClH/c1-10-9-4-2-3-7-5-11-6-8(7)9;/h2,4,7-11H,3,5-6H2,1H3;1H. The second-order valence-corrected chi connectivity index (χ2v) is 3.56. The Kier molecular flexibility index (Phi) is 3.56. The van der Waals surface area contributed by atoms with Crippen molar-refractivity contribution in [1.82, 2.24) is 10.6 Å². The Balaban J connectivity index is 0.000000720. The topological polar surface area (TPSA) is 24.1 Å². The molecular weight excluding hydrogens is 172 g/mol. The summed E-state index contributed by atoms with van der Waals surface area (Å²) in [4.78, 5) is 0. The zero-order valence-electron chi connectivity index (χ0n) is 7.42. The largest absolute Gasteiger partial charge is 0.316 e. The average molecular weight is 189 g/mol. The number of rotatable bonds is 1. The zero-order chi connectivity index (χ0) is 7.68. The summed E-state index contributed by atoms with van der Waals surface area (Å²) in [6, 6.07) is 0.615. The van der Waals surface area contributed by atoms with E-state index in [9.17, 15) is 0 Å². The summed E-state index contributed by atoms with van der Waals surface area (Å²) in [6.07, 6.45) is 5.90. The first-order valence-corrected chi connectivity index (χ1v) is 4.46. The quantitative estimate of drug-likeness (QED) is 0.595. The van der Waals surface area contributed by atoms with Gasteiger partial charge in [0.2, 0.25) is 0 Å². The second-order valence-electron chi connectivity index (χ2n) is 3.56. The molecule has 2 nitrogen and oxygen atoms in total. The average Bonchev–Trinajstić information content (AvgIpc) is 2.50. The van der Waals surface area contributed by atoms with Gasteiger partial charge in [0.25, 0.3) is 0 Å². The minimum absolute atomic E-state index is 0. The highest BCUT2D eigenvalue weighted by Crippen LogP contribution is 2.28. The molecule has 0 aromatic heterocycles. The van der Waals surface area contributed by atoms with E-state index in [2.05, 4.69) is 29.8 Å². The highest BCUT2D eigenvalue weighted by Gasteiger charge is 2.32. The summed E-state index contributed by atoms with van der Waals surface area (Å²) in [7, 11) is 2.05. The number of hydrogen-bond donors (Lipinski definition) is 2. The fraction of sp³-hybridized carbons (Fsp3) is 0.778. The van der Waals surface area contributed by atoms with Crippen molar-refractivity contribution in [2.24, 2.45) is 11.8 Å². The molecular formula is C9H17ClN2. The molecule has 3 heteroatoms. The molecule has 0 bridgehead atoms. The fourth-order valence-corrected chi connectivity index (χ4v) is 2.28. The van der Waals surface area contributed by atoms with Gasteiger partial charge in [-0.05, 0) is 31.8 Å². The van der Waals surface area contributed by atoms with Crippen molar-refractivity contribution < 1.29 is 0 Å². The molecule has 1 aliphatic heterocycles. The summed E-state index contributed by atoms with van der Waals surface area (Å²) in [5.41, 5.74) is 0. The van der Waals surface area contributed by atoms with Crippen LogP contribution in [0.1, 0.15) is 6.42 Å². The van der Waals surface area contributed by atoms with Crippen LogP contribution in [-0.2, 0) is 0 Å². The van der Waals surface area contributed by atoms with E-state index in [1.165, 1.54) is 19.5 Å². The van der Waals surface area contributed by atoms with Gasteiger partial charge in [-0.3, -0.25) is 0 Å². The summed E-state index contributed by atoms with van der Waals surface area (Å²) in [6.45, 7) is 2.41. The number of nitrogens with one attached hydrogen (secondary N) is 2. The van der Waals surface area contributed by atoms with Crippen LogP contribution in [0.4, 0.5) is 0 Å². The highest BCUT2D eigenvalue weighted by molar-refractivity contribution is 5.85. The SMILES string of the molecule is CNC1C=CCC2CNCC21.Cl. The monoisotopic (exact) mass is 188 g/mol. The predicted molar refractivity (Wildman–Crippen MR) is 53.7 cm³/mol. The van der Waals surface area contributed by atoms with E-state index in [0.717, 1.165) is 11.8 Å². The lowest BCUT2D eigenvalue weighted by molar-refractivity contribution is 0.341. The Hall–Kier alpha value is -0.0500. The molecule has 0 radical (unpaired) electrons. The van der Waals surface area contributed by atoms with Gasteiger partial charge in [0.05, 0.1) is 0 Å². The van der Waals surface area contributed by atoms with E-state index >= 15 is 0 Å². The Morgan fingerprint density at radius 1 is 1.42 bits per heavy atom. The summed E-state index contributed by atoms with van der Waals surface area (Å²) < 4.78 is 0. The normalized spacial score (nSPS) is 38.9. The van der Waals surface area contributed by atoms with Crippen LogP contribution >= 0.6 is 12.4 Å². The van der Waals surface area contributed by atoms with E-state index in [1.54, 1.807) is 0 Å². The highest BCUT2D eigenvalue weighted by atomic mass is 35.5. The van der Waals surface area contributed by atoms with Gasteiger partial charge in [-0.15, -0.1) is 12.4 Å². The molecule has 0 aromatic carbocycles. The maximum Gasteiger partial charge on any atom is 0.0290 e. The van der Waals surface area contributed by atoms with Gasteiger partial charge in [0.15, 0.2) is 0 Å². The van der Waals surface area contributed by atoms with Crippen molar-refractivity contribution in [3.05, 3.63) is 12.2 Å². The lowest BCUT2D eigenvalue weighted by Crippen LogP contribution is -2.37. The van der Waals surface area contributed by atoms with E-state index in [0.29, 0.717) is 6.04 Å². The molecule has 0 spiro atoms. The van der Waals surface area contributed by atoms with E-state index in [4.69, 9.17) is 0 Å². The van der Waals surface area contributed by atoms with Crippen molar-refractivity contribution in [2.45, 2.75) is 12.5 Å². The van der Waals surface area contributed by atoms with Crippen LogP contribution in [0.5, 0.6) is 0 Å². The molecule has 2 aliphatic rings.